The molecule has 0 radical (unpaired) electrons. The van der Waals surface area contributed by atoms with Gasteiger partial charge in [-0.25, -0.2) is 9.97 Å². The maximum absolute atomic E-state index is 5.79. The Labute approximate surface area is 182 Å². The van der Waals surface area contributed by atoms with Crippen molar-refractivity contribution in [3.63, 3.8) is 0 Å². The first kappa shape index (κ1) is 23.4. The van der Waals surface area contributed by atoms with Gasteiger partial charge in [-0.3, -0.25) is 4.99 Å². The zero-order chi connectivity index (χ0) is 18.6. The molecular formula is C18H25ClIN5O2. The molecule has 0 aliphatic rings. The van der Waals surface area contributed by atoms with Crippen molar-refractivity contribution < 1.29 is 9.47 Å². The summed E-state index contributed by atoms with van der Waals surface area (Å²) in [6.45, 7) is 2.26. The van der Waals surface area contributed by atoms with Crippen molar-refractivity contribution in [1.29, 1.82) is 0 Å². The number of aromatic nitrogens is 2. The molecule has 7 nitrogen and oxygen atoms in total. The van der Waals surface area contributed by atoms with E-state index in [1.807, 2.05) is 18.2 Å². The van der Waals surface area contributed by atoms with Gasteiger partial charge in [0.15, 0.2) is 5.96 Å². The summed E-state index contributed by atoms with van der Waals surface area (Å²) in [6, 6.07) is 7.60. The minimum Gasteiger partial charge on any atom is -0.475 e. The Morgan fingerprint density at radius 1 is 1.19 bits per heavy atom. The Balaban J connectivity index is 0.00000364. The van der Waals surface area contributed by atoms with Crippen LogP contribution >= 0.6 is 35.6 Å². The van der Waals surface area contributed by atoms with Gasteiger partial charge >= 0.3 is 0 Å². The van der Waals surface area contributed by atoms with Crippen LogP contribution in [0.1, 0.15) is 11.1 Å². The third kappa shape index (κ3) is 8.72. The van der Waals surface area contributed by atoms with Crippen molar-refractivity contribution in [3.05, 3.63) is 52.9 Å². The minimum atomic E-state index is 0. The number of ether oxygens (including phenoxy) is 2. The fourth-order valence-electron chi connectivity index (χ4n) is 2.19. The quantitative estimate of drug-likeness (QED) is 0.179. The molecule has 0 spiro atoms. The number of hydrogen-bond donors (Lipinski definition) is 2. The van der Waals surface area contributed by atoms with Gasteiger partial charge in [0, 0.05) is 45.2 Å². The van der Waals surface area contributed by atoms with Crippen LogP contribution in [-0.4, -0.2) is 49.8 Å². The molecule has 0 amide bonds. The highest BCUT2D eigenvalue weighted by Gasteiger charge is 2.06. The van der Waals surface area contributed by atoms with Crippen molar-refractivity contribution in [1.82, 2.24) is 20.6 Å². The van der Waals surface area contributed by atoms with Gasteiger partial charge in [0.1, 0.15) is 11.8 Å². The average molecular weight is 506 g/mol. The molecular weight excluding hydrogens is 481 g/mol. The monoisotopic (exact) mass is 505 g/mol. The molecule has 0 atom stereocenters. The van der Waals surface area contributed by atoms with Gasteiger partial charge in [0.05, 0.1) is 6.61 Å². The van der Waals surface area contributed by atoms with Gasteiger partial charge in [0.2, 0.25) is 5.88 Å². The lowest BCUT2D eigenvalue weighted by molar-refractivity contribution is 0.143. The third-order valence-corrected chi connectivity index (χ3v) is 3.76. The molecule has 27 heavy (non-hydrogen) atoms. The second-order valence-corrected chi connectivity index (χ2v) is 5.79. The number of halogens is 2. The Bertz CT molecular complexity index is 700. The van der Waals surface area contributed by atoms with E-state index < -0.39 is 0 Å². The zero-order valence-corrected chi connectivity index (χ0v) is 18.5. The second-order valence-electron chi connectivity index (χ2n) is 5.40. The number of aliphatic imine (C=N–C) groups is 1. The lowest BCUT2D eigenvalue weighted by Gasteiger charge is -2.14. The Kier molecular flexibility index (Phi) is 11.7. The molecule has 0 saturated carbocycles. The van der Waals surface area contributed by atoms with E-state index in [9.17, 15) is 0 Å². The molecule has 0 aliphatic heterocycles. The topological polar surface area (TPSA) is 80.7 Å². The van der Waals surface area contributed by atoms with E-state index in [0.717, 1.165) is 24.1 Å². The van der Waals surface area contributed by atoms with Gasteiger partial charge < -0.3 is 20.1 Å². The van der Waals surface area contributed by atoms with Crippen molar-refractivity contribution in [2.24, 2.45) is 4.99 Å². The molecule has 2 N–H and O–H groups in total. The molecule has 0 aliphatic carbocycles. The van der Waals surface area contributed by atoms with Crippen LogP contribution in [0.25, 0.3) is 0 Å². The second kappa shape index (κ2) is 13.5. The highest BCUT2D eigenvalue weighted by molar-refractivity contribution is 14.0. The predicted octanol–water partition coefficient (Wildman–Crippen LogP) is 2.68. The SMILES string of the molecule is CN=C(NCCc1ccc(Cl)nc1)NCc1cccnc1OCCOC.I. The standard InChI is InChI=1S/C18H24ClN5O2.HI/c1-20-18(22-9-7-14-5-6-16(19)23-12-14)24-13-15-4-3-8-21-17(15)26-11-10-25-2;/h3-6,8,12H,7,9-11,13H2,1-2H3,(H2,20,22,24);1H. The molecule has 148 valence electrons. The van der Waals surface area contributed by atoms with Crippen LogP contribution in [0.2, 0.25) is 5.15 Å². The Hall–Kier alpha value is -1.65. The normalized spacial score (nSPS) is 10.9. The molecule has 0 aromatic carbocycles. The van der Waals surface area contributed by atoms with Crippen LogP contribution in [0.4, 0.5) is 0 Å². The highest BCUT2D eigenvalue weighted by Crippen LogP contribution is 2.13. The number of guanidine groups is 1. The lowest BCUT2D eigenvalue weighted by Crippen LogP contribution is -2.38. The fourth-order valence-corrected chi connectivity index (χ4v) is 2.30. The van der Waals surface area contributed by atoms with Crippen LogP contribution in [0.15, 0.2) is 41.7 Å². The lowest BCUT2D eigenvalue weighted by atomic mass is 10.2. The zero-order valence-electron chi connectivity index (χ0n) is 15.4. The summed E-state index contributed by atoms with van der Waals surface area (Å²) in [7, 11) is 3.37. The van der Waals surface area contributed by atoms with E-state index in [4.69, 9.17) is 21.1 Å². The number of hydrogen-bond acceptors (Lipinski definition) is 5. The van der Waals surface area contributed by atoms with Crippen molar-refractivity contribution in [2.45, 2.75) is 13.0 Å². The van der Waals surface area contributed by atoms with Crippen LogP contribution in [0.3, 0.4) is 0 Å². The van der Waals surface area contributed by atoms with Gasteiger partial charge in [-0.05, 0) is 24.1 Å². The van der Waals surface area contributed by atoms with E-state index in [0.29, 0.717) is 36.8 Å². The van der Waals surface area contributed by atoms with Gasteiger partial charge in [-0.1, -0.05) is 23.7 Å². The maximum Gasteiger partial charge on any atom is 0.218 e. The minimum absolute atomic E-state index is 0. The molecule has 2 aromatic heterocycles. The maximum atomic E-state index is 5.79. The Morgan fingerprint density at radius 3 is 2.74 bits per heavy atom. The molecule has 0 unspecified atom stereocenters. The van der Waals surface area contributed by atoms with E-state index in [-0.39, 0.29) is 24.0 Å². The van der Waals surface area contributed by atoms with Crippen molar-refractivity contribution in [3.8, 4) is 5.88 Å². The van der Waals surface area contributed by atoms with Gasteiger partial charge in [0.25, 0.3) is 0 Å². The largest absolute Gasteiger partial charge is 0.475 e. The highest BCUT2D eigenvalue weighted by atomic mass is 127. The summed E-state index contributed by atoms with van der Waals surface area (Å²) in [5.41, 5.74) is 2.06. The summed E-state index contributed by atoms with van der Waals surface area (Å²) < 4.78 is 10.6. The third-order valence-electron chi connectivity index (χ3n) is 3.54. The summed E-state index contributed by atoms with van der Waals surface area (Å²) in [5.74, 6) is 1.30. The molecule has 2 heterocycles. The molecule has 2 rings (SSSR count). The van der Waals surface area contributed by atoms with E-state index >= 15 is 0 Å². The Morgan fingerprint density at radius 2 is 2.04 bits per heavy atom. The van der Waals surface area contributed by atoms with Crippen LogP contribution in [-0.2, 0) is 17.7 Å². The molecule has 0 bridgehead atoms. The summed E-state index contributed by atoms with van der Waals surface area (Å²) in [4.78, 5) is 12.6. The summed E-state index contributed by atoms with van der Waals surface area (Å²) >= 11 is 5.79. The smallest absolute Gasteiger partial charge is 0.218 e. The van der Waals surface area contributed by atoms with E-state index in [1.165, 1.54) is 0 Å². The van der Waals surface area contributed by atoms with Crippen molar-refractivity contribution in [2.75, 3.05) is 33.9 Å². The molecule has 0 fully saturated rings. The van der Waals surface area contributed by atoms with E-state index in [2.05, 4.69) is 25.6 Å². The number of methoxy groups -OCH3 is 1. The van der Waals surface area contributed by atoms with Crippen LogP contribution in [0.5, 0.6) is 5.88 Å². The summed E-state index contributed by atoms with van der Waals surface area (Å²) in [5, 5.41) is 7.03. The van der Waals surface area contributed by atoms with E-state index in [1.54, 1.807) is 32.6 Å². The molecule has 0 saturated heterocycles. The predicted molar refractivity (Wildman–Crippen MR) is 118 cm³/mol. The summed E-state index contributed by atoms with van der Waals surface area (Å²) in [6.07, 6.45) is 4.31. The molecule has 2 aromatic rings. The number of pyridine rings is 2. The fraction of sp³-hybridized carbons (Fsp3) is 0.389. The van der Waals surface area contributed by atoms with Crippen molar-refractivity contribution >= 4 is 41.5 Å². The van der Waals surface area contributed by atoms with Gasteiger partial charge in [-0.2, -0.15) is 0 Å². The average Bonchev–Trinajstić information content (AvgIpc) is 2.67. The van der Waals surface area contributed by atoms with Crippen LogP contribution in [0, 0.1) is 0 Å². The first-order valence-corrected chi connectivity index (χ1v) is 8.71. The number of rotatable bonds is 9. The first-order chi connectivity index (χ1) is 12.7. The van der Waals surface area contributed by atoms with Gasteiger partial charge in [-0.15, -0.1) is 24.0 Å². The molecule has 9 heteroatoms. The van der Waals surface area contributed by atoms with Crippen LogP contribution < -0.4 is 15.4 Å². The number of nitrogens with zero attached hydrogens (tertiary/aromatic N) is 3. The first-order valence-electron chi connectivity index (χ1n) is 8.33. The number of nitrogens with one attached hydrogen (secondary N) is 2.